The van der Waals surface area contributed by atoms with Crippen molar-refractivity contribution in [3.8, 4) is 11.1 Å². The molecule has 35 heavy (non-hydrogen) atoms. The number of pyridine rings is 1. The van der Waals surface area contributed by atoms with Crippen molar-refractivity contribution < 1.29 is 4.79 Å². The fourth-order valence-corrected chi connectivity index (χ4v) is 5.14. The summed E-state index contributed by atoms with van der Waals surface area (Å²) in [4.78, 5) is 28.7. The van der Waals surface area contributed by atoms with E-state index in [1.165, 1.54) is 12.8 Å². The molecule has 1 fully saturated rings. The van der Waals surface area contributed by atoms with E-state index in [4.69, 9.17) is 10.8 Å². The Hall–Kier alpha value is -3.71. The summed E-state index contributed by atoms with van der Waals surface area (Å²) < 4.78 is 2.09. The molecule has 7 heteroatoms. The molecule has 2 heterocycles. The summed E-state index contributed by atoms with van der Waals surface area (Å²) in [5, 5.41) is 8.50. The van der Waals surface area contributed by atoms with Crippen molar-refractivity contribution in [1.82, 2.24) is 20.1 Å². The summed E-state index contributed by atoms with van der Waals surface area (Å²) >= 11 is 0. The first-order chi connectivity index (χ1) is 16.9. The molecule has 2 aromatic carbocycles. The Labute approximate surface area is 204 Å². The zero-order valence-electron chi connectivity index (χ0n) is 20.2. The number of carbonyl (C=O) groups is 1. The van der Waals surface area contributed by atoms with Crippen molar-refractivity contribution in [2.24, 2.45) is 5.73 Å². The highest BCUT2D eigenvalue weighted by Crippen LogP contribution is 2.34. The predicted molar refractivity (Wildman–Crippen MR) is 138 cm³/mol. The summed E-state index contributed by atoms with van der Waals surface area (Å²) in [7, 11) is 0. The number of carbonyl (C=O) groups excluding carboxylic acids is 1. The van der Waals surface area contributed by atoms with Gasteiger partial charge in [-0.25, -0.2) is 0 Å². The lowest BCUT2D eigenvalue weighted by Crippen LogP contribution is -2.28. The van der Waals surface area contributed by atoms with Crippen LogP contribution >= 0.6 is 0 Å². The van der Waals surface area contributed by atoms with E-state index in [0.717, 1.165) is 51.7 Å². The van der Waals surface area contributed by atoms with Crippen LogP contribution in [-0.2, 0) is 13.1 Å². The van der Waals surface area contributed by atoms with Crippen molar-refractivity contribution in [1.29, 1.82) is 0 Å². The van der Waals surface area contributed by atoms with Gasteiger partial charge in [-0.05, 0) is 67.1 Å². The first-order valence-electron chi connectivity index (χ1n) is 12.2. The van der Waals surface area contributed by atoms with Gasteiger partial charge in [0.25, 0.3) is 11.5 Å². The summed E-state index contributed by atoms with van der Waals surface area (Å²) in [6, 6.07) is 14.4. The summed E-state index contributed by atoms with van der Waals surface area (Å²) in [6.07, 6.45) is 6.40. The van der Waals surface area contributed by atoms with Crippen LogP contribution in [0.5, 0.6) is 0 Å². The number of rotatable bonds is 6. The van der Waals surface area contributed by atoms with Gasteiger partial charge in [0.15, 0.2) is 0 Å². The molecule has 7 nitrogen and oxygen atoms in total. The van der Waals surface area contributed by atoms with Gasteiger partial charge >= 0.3 is 0 Å². The summed E-state index contributed by atoms with van der Waals surface area (Å²) in [6.45, 7) is 4.38. The minimum Gasteiger partial charge on any atom is -0.348 e. The molecule has 180 valence electrons. The molecule has 0 atom stereocenters. The van der Waals surface area contributed by atoms with Crippen molar-refractivity contribution in [3.63, 3.8) is 0 Å². The van der Waals surface area contributed by atoms with Crippen molar-refractivity contribution in [3.05, 3.63) is 87.0 Å². The molecule has 1 aliphatic rings. The number of H-pyrrole nitrogens is 1. The lowest BCUT2D eigenvalue weighted by Gasteiger charge is -2.14. The van der Waals surface area contributed by atoms with Crippen molar-refractivity contribution in [2.75, 3.05) is 0 Å². The number of fused-ring (bicyclic) bond motifs is 1. The van der Waals surface area contributed by atoms with Crippen LogP contribution in [0.3, 0.4) is 0 Å². The maximum absolute atomic E-state index is 13.5. The van der Waals surface area contributed by atoms with Crippen LogP contribution in [0.25, 0.3) is 22.0 Å². The van der Waals surface area contributed by atoms with E-state index in [-0.39, 0.29) is 18.0 Å². The van der Waals surface area contributed by atoms with Gasteiger partial charge in [-0.1, -0.05) is 37.1 Å². The fourth-order valence-electron chi connectivity index (χ4n) is 5.14. The van der Waals surface area contributed by atoms with Gasteiger partial charge in [-0.2, -0.15) is 5.10 Å². The van der Waals surface area contributed by atoms with Gasteiger partial charge in [0.2, 0.25) is 0 Å². The van der Waals surface area contributed by atoms with Crippen LogP contribution < -0.4 is 16.6 Å². The first-order valence-corrected chi connectivity index (χ1v) is 12.2. The van der Waals surface area contributed by atoms with Gasteiger partial charge in [0.1, 0.15) is 0 Å². The average molecular weight is 470 g/mol. The number of aryl methyl sites for hydroxylation is 2. The van der Waals surface area contributed by atoms with Gasteiger partial charge < -0.3 is 16.0 Å². The van der Waals surface area contributed by atoms with Crippen LogP contribution in [-0.4, -0.2) is 20.7 Å². The number of nitrogens with zero attached hydrogens (tertiary/aromatic N) is 2. The van der Waals surface area contributed by atoms with E-state index in [0.29, 0.717) is 23.7 Å². The lowest BCUT2D eigenvalue weighted by molar-refractivity contribution is 0.0952. The zero-order chi connectivity index (χ0) is 24.5. The Bertz CT molecular complexity index is 1440. The number of hydrogen-bond acceptors (Lipinski definition) is 4. The number of nitrogens with one attached hydrogen (secondary N) is 2. The summed E-state index contributed by atoms with van der Waals surface area (Å²) in [5.41, 5.74) is 12.4. The minimum atomic E-state index is -0.222. The maximum Gasteiger partial charge on any atom is 0.253 e. The normalized spacial score (nSPS) is 14.0. The Morgan fingerprint density at radius 3 is 2.54 bits per heavy atom. The quantitative estimate of drug-likeness (QED) is 0.386. The highest BCUT2D eigenvalue weighted by atomic mass is 16.1. The second-order valence-corrected chi connectivity index (χ2v) is 9.51. The Morgan fingerprint density at radius 2 is 1.86 bits per heavy atom. The van der Waals surface area contributed by atoms with E-state index in [2.05, 4.69) is 21.0 Å². The molecule has 0 radical (unpaired) electrons. The lowest BCUT2D eigenvalue weighted by atomic mass is 9.98. The molecule has 0 spiro atoms. The standard InChI is InChI=1S/C28H31N5O2/c1-17-11-18(2)32-28(35)24(17)15-30-27(34)23-12-21(20-9-7-19(14-29)8-10-20)13-26-25(23)16-31-33(26)22-5-3-4-6-22/h7-13,16,22H,3-6,14-15,29H2,1-2H3,(H,30,34)(H,32,35). The van der Waals surface area contributed by atoms with Gasteiger partial charge in [0.05, 0.1) is 23.3 Å². The third-order valence-electron chi connectivity index (χ3n) is 7.07. The molecular formula is C28H31N5O2. The van der Waals surface area contributed by atoms with Crippen LogP contribution in [0, 0.1) is 13.8 Å². The Kier molecular flexibility index (Phi) is 6.26. The van der Waals surface area contributed by atoms with Gasteiger partial charge in [-0.3, -0.25) is 14.3 Å². The van der Waals surface area contributed by atoms with E-state index in [1.807, 2.05) is 50.2 Å². The molecule has 0 bridgehead atoms. The topological polar surface area (TPSA) is 106 Å². The average Bonchev–Trinajstić information content (AvgIpc) is 3.52. The third-order valence-corrected chi connectivity index (χ3v) is 7.07. The van der Waals surface area contributed by atoms with E-state index in [9.17, 15) is 9.59 Å². The number of aromatic nitrogens is 3. The van der Waals surface area contributed by atoms with Crippen molar-refractivity contribution >= 4 is 16.8 Å². The van der Waals surface area contributed by atoms with Gasteiger partial charge in [-0.15, -0.1) is 0 Å². The molecule has 2 aromatic heterocycles. The van der Waals surface area contributed by atoms with E-state index in [1.54, 1.807) is 6.20 Å². The molecule has 1 amide bonds. The molecule has 0 saturated heterocycles. The highest BCUT2D eigenvalue weighted by molar-refractivity contribution is 6.08. The molecule has 4 N–H and O–H groups in total. The molecule has 1 saturated carbocycles. The highest BCUT2D eigenvalue weighted by Gasteiger charge is 2.23. The second-order valence-electron chi connectivity index (χ2n) is 9.51. The number of hydrogen-bond donors (Lipinski definition) is 3. The van der Waals surface area contributed by atoms with Crippen LogP contribution in [0.4, 0.5) is 0 Å². The smallest absolute Gasteiger partial charge is 0.253 e. The largest absolute Gasteiger partial charge is 0.348 e. The Morgan fingerprint density at radius 1 is 1.11 bits per heavy atom. The van der Waals surface area contributed by atoms with E-state index < -0.39 is 0 Å². The minimum absolute atomic E-state index is 0.161. The first kappa shape index (κ1) is 23.1. The molecular weight excluding hydrogens is 438 g/mol. The monoisotopic (exact) mass is 469 g/mol. The molecule has 4 aromatic rings. The molecule has 0 aliphatic heterocycles. The molecule has 5 rings (SSSR count). The molecule has 0 unspecified atom stereocenters. The van der Waals surface area contributed by atoms with Gasteiger partial charge in [0, 0.05) is 29.7 Å². The second kappa shape index (κ2) is 9.50. The number of amides is 1. The predicted octanol–water partition coefficient (Wildman–Crippen LogP) is 4.51. The van der Waals surface area contributed by atoms with Crippen molar-refractivity contribution in [2.45, 2.75) is 58.7 Å². The Balaban J connectivity index is 1.55. The molecule has 1 aliphatic carbocycles. The number of nitrogens with two attached hydrogens (primary N) is 1. The summed E-state index contributed by atoms with van der Waals surface area (Å²) in [5.74, 6) is -0.222. The van der Waals surface area contributed by atoms with Crippen LogP contribution in [0.15, 0.2) is 53.5 Å². The number of aromatic amines is 1. The van der Waals surface area contributed by atoms with Crippen LogP contribution in [0.2, 0.25) is 0 Å². The number of benzene rings is 2. The third kappa shape index (κ3) is 4.51. The van der Waals surface area contributed by atoms with Crippen LogP contribution in [0.1, 0.15) is 64.5 Å². The SMILES string of the molecule is Cc1cc(C)c(CNC(=O)c2cc(-c3ccc(CN)cc3)cc3c2cnn3C2CCCC2)c(=O)[nH]1. The zero-order valence-corrected chi connectivity index (χ0v) is 20.2. The van der Waals surface area contributed by atoms with E-state index >= 15 is 0 Å². The maximum atomic E-state index is 13.5. The fraction of sp³-hybridized carbons (Fsp3) is 0.321.